The number of carbonyl (C=O) groups is 1. The Kier molecular flexibility index (Phi) is 5.96. The fourth-order valence-electron chi connectivity index (χ4n) is 3.54. The van der Waals surface area contributed by atoms with Gasteiger partial charge in [0, 0.05) is 17.4 Å². The van der Waals surface area contributed by atoms with Crippen molar-refractivity contribution in [3.8, 4) is 0 Å². The molecule has 29 heavy (non-hydrogen) atoms. The molecule has 0 aliphatic heterocycles. The van der Waals surface area contributed by atoms with Crippen LogP contribution in [0.1, 0.15) is 57.9 Å². The molecular weight excluding hydrogens is 409 g/mol. The summed E-state index contributed by atoms with van der Waals surface area (Å²) in [5, 5.41) is 12.9. The molecule has 1 amide bonds. The second-order valence-corrected chi connectivity index (χ2v) is 9.13. The highest BCUT2D eigenvalue weighted by atomic mass is 32.2. The van der Waals surface area contributed by atoms with Gasteiger partial charge in [-0.15, -0.1) is 10.2 Å². The minimum Gasteiger partial charge on any atom is -0.320 e. The summed E-state index contributed by atoms with van der Waals surface area (Å²) in [6.07, 6.45) is 4.95. The molecule has 1 aliphatic carbocycles. The Labute approximate surface area is 177 Å². The minimum absolute atomic E-state index is 0.288. The summed E-state index contributed by atoms with van der Waals surface area (Å²) in [6.45, 7) is 4.18. The van der Waals surface area contributed by atoms with Gasteiger partial charge in [-0.05, 0) is 51.0 Å². The van der Waals surface area contributed by atoms with Gasteiger partial charge in [0.05, 0.1) is 11.4 Å². The maximum Gasteiger partial charge on any atom is 0.286 e. The predicted molar refractivity (Wildman–Crippen MR) is 113 cm³/mol. The van der Waals surface area contributed by atoms with Crippen LogP contribution in [-0.2, 0) is 5.75 Å². The summed E-state index contributed by atoms with van der Waals surface area (Å²) in [5.41, 5.74) is 2.82. The van der Waals surface area contributed by atoms with Gasteiger partial charge in [-0.3, -0.25) is 4.79 Å². The first-order valence-electron chi connectivity index (χ1n) is 9.59. The molecule has 1 fully saturated rings. The Morgan fingerprint density at radius 2 is 1.97 bits per heavy atom. The van der Waals surface area contributed by atoms with E-state index in [2.05, 4.69) is 27.0 Å². The molecule has 2 aromatic heterocycles. The molecule has 152 valence electrons. The minimum atomic E-state index is -0.348. The van der Waals surface area contributed by atoms with Crippen molar-refractivity contribution in [2.24, 2.45) is 0 Å². The Morgan fingerprint density at radius 1 is 1.24 bits per heavy atom. The maximum atomic E-state index is 13.0. The number of rotatable bonds is 6. The van der Waals surface area contributed by atoms with Gasteiger partial charge < -0.3 is 9.88 Å². The molecule has 1 N–H and O–H groups in total. The summed E-state index contributed by atoms with van der Waals surface area (Å²) < 4.78 is 15.4. The largest absolute Gasteiger partial charge is 0.320 e. The molecule has 0 spiro atoms. The third-order valence-corrected chi connectivity index (χ3v) is 7.20. The first-order valence-corrected chi connectivity index (χ1v) is 11.4. The van der Waals surface area contributed by atoms with E-state index in [0.29, 0.717) is 17.5 Å². The van der Waals surface area contributed by atoms with E-state index in [1.54, 1.807) is 11.8 Å². The monoisotopic (exact) mass is 431 g/mol. The van der Waals surface area contributed by atoms with Gasteiger partial charge in [0.1, 0.15) is 10.8 Å². The SMILES string of the molecule is Cc1nc(SCc2nnc(C(=O)Nc3ccc(F)cc3)s2)n(C2CCCC2)c1C. The fourth-order valence-corrected chi connectivity index (χ4v) is 5.42. The number of anilines is 1. The number of aryl methyl sites for hydroxylation is 1. The first kappa shape index (κ1) is 20.0. The first-order chi connectivity index (χ1) is 14.0. The van der Waals surface area contributed by atoms with Crippen molar-refractivity contribution in [3.63, 3.8) is 0 Å². The molecule has 1 saturated carbocycles. The molecule has 1 aromatic carbocycles. The van der Waals surface area contributed by atoms with Crippen molar-refractivity contribution in [2.75, 3.05) is 5.32 Å². The van der Waals surface area contributed by atoms with Crippen LogP contribution in [0.4, 0.5) is 10.1 Å². The molecule has 9 heteroatoms. The van der Waals surface area contributed by atoms with E-state index < -0.39 is 0 Å². The average molecular weight is 432 g/mol. The Balaban J connectivity index is 1.41. The Bertz CT molecular complexity index is 1010. The van der Waals surface area contributed by atoms with Gasteiger partial charge in [-0.25, -0.2) is 9.37 Å². The lowest BCUT2D eigenvalue weighted by Gasteiger charge is -2.16. The second-order valence-electron chi connectivity index (χ2n) is 7.12. The number of halogens is 1. The van der Waals surface area contributed by atoms with Crippen molar-refractivity contribution in [2.45, 2.75) is 56.5 Å². The molecule has 0 saturated heterocycles. The van der Waals surface area contributed by atoms with Crippen LogP contribution in [0, 0.1) is 19.7 Å². The highest BCUT2D eigenvalue weighted by Crippen LogP contribution is 2.36. The lowest BCUT2D eigenvalue weighted by molar-refractivity contribution is 0.102. The van der Waals surface area contributed by atoms with Crippen LogP contribution in [0.25, 0.3) is 0 Å². The topological polar surface area (TPSA) is 72.7 Å². The van der Waals surface area contributed by atoms with Crippen molar-refractivity contribution in [1.29, 1.82) is 0 Å². The Morgan fingerprint density at radius 3 is 2.69 bits per heavy atom. The average Bonchev–Trinajstić information content (AvgIpc) is 3.44. The van der Waals surface area contributed by atoms with Crippen LogP contribution in [0.3, 0.4) is 0 Å². The number of hydrogen-bond acceptors (Lipinski definition) is 6. The third-order valence-electron chi connectivity index (χ3n) is 5.13. The van der Waals surface area contributed by atoms with E-state index in [4.69, 9.17) is 4.98 Å². The number of amides is 1. The number of benzene rings is 1. The summed E-state index contributed by atoms with van der Waals surface area (Å²) >= 11 is 2.90. The standard InChI is InChI=1S/C20H22FN5OS2/c1-12-13(2)26(16-5-3-4-6-16)20(22-12)28-11-17-24-25-19(29-17)18(27)23-15-9-7-14(21)8-10-15/h7-10,16H,3-6,11H2,1-2H3,(H,23,27). The fraction of sp³-hybridized carbons (Fsp3) is 0.400. The van der Waals surface area contributed by atoms with E-state index in [0.717, 1.165) is 15.9 Å². The highest BCUT2D eigenvalue weighted by Gasteiger charge is 2.23. The van der Waals surface area contributed by atoms with E-state index in [-0.39, 0.29) is 16.7 Å². The summed E-state index contributed by atoms with van der Waals surface area (Å²) in [5.74, 6) is -0.0754. The van der Waals surface area contributed by atoms with Gasteiger partial charge >= 0.3 is 0 Å². The van der Waals surface area contributed by atoms with E-state index in [1.807, 2.05) is 6.92 Å². The summed E-state index contributed by atoms with van der Waals surface area (Å²) in [7, 11) is 0. The van der Waals surface area contributed by atoms with Gasteiger partial charge in [-0.1, -0.05) is 35.9 Å². The quantitative estimate of drug-likeness (QED) is 0.547. The lowest BCUT2D eigenvalue weighted by Crippen LogP contribution is -2.11. The molecule has 2 heterocycles. The Hall–Kier alpha value is -2.26. The number of hydrogen-bond donors (Lipinski definition) is 1. The molecule has 0 radical (unpaired) electrons. The number of imidazole rings is 1. The van der Waals surface area contributed by atoms with Gasteiger partial charge in [0.25, 0.3) is 5.91 Å². The van der Waals surface area contributed by atoms with Crippen LogP contribution in [0.2, 0.25) is 0 Å². The van der Waals surface area contributed by atoms with E-state index in [1.165, 1.54) is 67.0 Å². The molecule has 0 bridgehead atoms. The lowest BCUT2D eigenvalue weighted by atomic mass is 10.2. The normalized spacial score (nSPS) is 14.4. The zero-order valence-corrected chi connectivity index (χ0v) is 17.9. The van der Waals surface area contributed by atoms with Gasteiger partial charge in [0.2, 0.25) is 5.01 Å². The number of aromatic nitrogens is 4. The van der Waals surface area contributed by atoms with Gasteiger partial charge in [0.15, 0.2) is 5.16 Å². The number of nitrogens with zero attached hydrogens (tertiary/aromatic N) is 4. The molecule has 6 nitrogen and oxygen atoms in total. The zero-order valence-electron chi connectivity index (χ0n) is 16.3. The molecule has 4 rings (SSSR count). The van der Waals surface area contributed by atoms with Crippen molar-refractivity contribution in [1.82, 2.24) is 19.7 Å². The van der Waals surface area contributed by atoms with Crippen molar-refractivity contribution >= 4 is 34.7 Å². The van der Waals surface area contributed by atoms with Crippen LogP contribution in [0.5, 0.6) is 0 Å². The van der Waals surface area contributed by atoms with Crippen LogP contribution >= 0.6 is 23.1 Å². The number of nitrogens with one attached hydrogen (secondary N) is 1. The smallest absolute Gasteiger partial charge is 0.286 e. The second kappa shape index (κ2) is 8.62. The zero-order chi connectivity index (χ0) is 20.4. The molecule has 0 atom stereocenters. The van der Waals surface area contributed by atoms with E-state index >= 15 is 0 Å². The van der Waals surface area contributed by atoms with Crippen molar-refractivity contribution < 1.29 is 9.18 Å². The maximum absolute atomic E-state index is 13.0. The predicted octanol–water partition coefficient (Wildman–Crippen LogP) is 5.15. The third kappa shape index (κ3) is 4.51. The van der Waals surface area contributed by atoms with Crippen LogP contribution in [0.15, 0.2) is 29.4 Å². The molecule has 1 aliphatic rings. The van der Waals surface area contributed by atoms with Crippen LogP contribution < -0.4 is 5.32 Å². The summed E-state index contributed by atoms with van der Waals surface area (Å²) in [6, 6.07) is 6.16. The molecular formula is C20H22FN5OS2. The van der Waals surface area contributed by atoms with Crippen LogP contribution in [-0.4, -0.2) is 25.7 Å². The summed E-state index contributed by atoms with van der Waals surface area (Å²) in [4.78, 5) is 17.1. The molecule has 0 unspecified atom stereocenters. The highest BCUT2D eigenvalue weighted by molar-refractivity contribution is 7.98. The van der Waals surface area contributed by atoms with E-state index in [9.17, 15) is 9.18 Å². The number of thioether (sulfide) groups is 1. The molecule has 3 aromatic rings. The van der Waals surface area contributed by atoms with Gasteiger partial charge in [-0.2, -0.15) is 0 Å². The van der Waals surface area contributed by atoms with Crippen molar-refractivity contribution in [3.05, 3.63) is 51.5 Å². The number of carbonyl (C=O) groups excluding carboxylic acids is 1.